The van der Waals surface area contributed by atoms with Crippen molar-refractivity contribution in [2.24, 2.45) is 0 Å². The Bertz CT molecular complexity index is 517. The first-order valence-corrected chi connectivity index (χ1v) is 4.98. The SMILES string of the molecule is CCc1cc(C(F)(F)F)nc2ccccc12. The van der Waals surface area contributed by atoms with Gasteiger partial charge in [0.1, 0.15) is 5.69 Å². The summed E-state index contributed by atoms with van der Waals surface area (Å²) in [5, 5.41) is 0.790. The molecule has 0 aliphatic heterocycles. The lowest BCUT2D eigenvalue weighted by Crippen LogP contribution is -2.09. The highest BCUT2D eigenvalue weighted by Crippen LogP contribution is 2.30. The molecule has 2 aromatic rings. The minimum atomic E-state index is -4.38. The molecule has 0 amide bonds. The fraction of sp³-hybridized carbons (Fsp3) is 0.250. The number of halogens is 3. The molecule has 0 bridgehead atoms. The molecule has 0 radical (unpaired) electrons. The van der Waals surface area contributed by atoms with Crippen LogP contribution >= 0.6 is 0 Å². The third-order valence-electron chi connectivity index (χ3n) is 2.47. The van der Waals surface area contributed by atoms with Gasteiger partial charge < -0.3 is 0 Å². The lowest BCUT2D eigenvalue weighted by molar-refractivity contribution is -0.141. The molecule has 0 aliphatic rings. The number of rotatable bonds is 1. The van der Waals surface area contributed by atoms with Crippen LogP contribution in [0.2, 0.25) is 0 Å². The quantitative estimate of drug-likeness (QED) is 0.719. The summed E-state index contributed by atoms with van der Waals surface area (Å²) >= 11 is 0. The third kappa shape index (κ3) is 1.87. The van der Waals surface area contributed by atoms with E-state index in [1.54, 1.807) is 24.3 Å². The van der Waals surface area contributed by atoms with E-state index in [0.717, 1.165) is 11.5 Å². The van der Waals surface area contributed by atoms with Gasteiger partial charge in [0, 0.05) is 5.39 Å². The molecule has 16 heavy (non-hydrogen) atoms. The highest BCUT2D eigenvalue weighted by atomic mass is 19.4. The van der Waals surface area contributed by atoms with Gasteiger partial charge in [-0.3, -0.25) is 0 Å². The number of para-hydroxylation sites is 1. The molecule has 2 rings (SSSR count). The maximum absolute atomic E-state index is 12.6. The van der Waals surface area contributed by atoms with Crippen LogP contribution in [-0.4, -0.2) is 4.98 Å². The number of fused-ring (bicyclic) bond motifs is 1. The molecular weight excluding hydrogens is 215 g/mol. The topological polar surface area (TPSA) is 12.9 Å². The summed E-state index contributed by atoms with van der Waals surface area (Å²) < 4.78 is 37.7. The molecule has 0 aliphatic carbocycles. The Kier molecular flexibility index (Phi) is 2.58. The van der Waals surface area contributed by atoms with Gasteiger partial charge in [-0.05, 0) is 24.1 Å². The maximum Gasteiger partial charge on any atom is 0.433 e. The number of nitrogens with zero attached hydrogens (tertiary/aromatic N) is 1. The van der Waals surface area contributed by atoms with Gasteiger partial charge in [-0.25, -0.2) is 4.98 Å². The Hall–Kier alpha value is -1.58. The zero-order chi connectivity index (χ0) is 11.8. The van der Waals surface area contributed by atoms with Crippen molar-refractivity contribution in [2.45, 2.75) is 19.5 Å². The fourth-order valence-corrected chi connectivity index (χ4v) is 1.69. The van der Waals surface area contributed by atoms with E-state index < -0.39 is 11.9 Å². The smallest absolute Gasteiger partial charge is 0.243 e. The van der Waals surface area contributed by atoms with Crippen molar-refractivity contribution in [2.75, 3.05) is 0 Å². The Morgan fingerprint density at radius 3 is 2.50 bits per heavy atom. The minimum Gasteiger partial charge on any atom is -0.243 e. The molecule has 1 aromatic carbocycles. The Balaban J connectivity index is 2.73. The normalized spacial score (nSPS) is 12.0. The second kappa shape index (κ2) is 3.77. The van der Waals surface area contributed by atoms with Gasteiger partial charge >= 0.3 is 6.18 Å². The first-order chi connectivity index (χ1) is 7.52. The predicted molar refractivity (Wildman–Crippen MR) is 56.1 cm³/mol. The molecule has 0 unspecified atom stereocenters. The monoisotopic (exact) mass is 225 g/mol. The standard InChI is InChI=1S/C12H10F3N/c1-2-8-7-11(12(13,14)15)16-10-6-4-3-5-9(8)10/h3-7H,2H2,1H3. The molecular formula is C12H10F3N. The first-order valence-electron chi connectivity index (χ1n) is 4.98. The van der Waals surface area contributed by atoms with Crippen molar-refractivity contribution in [1.29, 1.82) is 0 Å². The van der Waals surface area contributed by atoms with Crippen LogP contribution in [0.5, 0.6) is 0 Å². The molecule has 1 heterocycles. The summed E-state index contributed by atoms with van der Waals surface area (Å²) in [5.41, 5.74) is 0.259. The van der Waals surface area contributed by atoms with Gasteiger partial charge in [0.2, 0.25) is 0 Å². The highest BCUT2D eigenvalue weighted by molar-refractivity contribution is 5.82. The predicted octanol–water partition coefficient (Wildman–Crippen LogP) is 3.82. The summed E-state index contributed by atoms with van der Waals surface area (Å²) in [6.45, 7) is 1.84. The van der Waals surface area contributed by atoms with Crippen LogP contribution in [0.15, 0.2) is 30.3 Å². The number of aromatic nitrogens is 1. The maximum atomic E-state index is 12.6. The Morgan fingerprint density at radius 1 is 1.19 bits per heavy atom. The van der Waals surface area contributed by atoms with E-state index in [2.05, 4.69) is 4.98 Å². The van der Waals surface area contributed by atoms with Crippen LogP contribution in [0.4, 0.5) is 13.2 Å². The average molecular weight is 225 g/mol. The Morgan fingerprint density at radius 2 is 1.88 bits per heavy atom. The largest absolute Gasteiger partial charge is 0.433 e. The number of alkyl halides is 3. The van der Waals surface area contributed by atoms with Crippen LogP contribution in [0.25, 0.3) is 10.9 Å². The molecule has 1 nitrogen and oxygen atoms in total. The van der Waals surface area contributed by atoms with Crippen LogP contribution in [0.3, 0.4) is 0 Å². The van der Waals surface area contributed by atoms with E-state index >= 15 is 0 Å². The summed E-state index contributed by atoms with van der Waals surface area (Å²) in [6.07, 6.45) is -3.82. The van der Waals surface area contributed by atoms with Crippen molar-refractivity contribution in [3.8, 4) is 0 Å². The number of pyridine rings is 1. The average Bonchev–Trinajstić information content (AvgIpc) is 2.26. The van der Waals surface area contributed by atoms with Gasteiger partial charge in [-0.1, -0.05) is 25.1 Å². The van der Waals surface area contributed by atoms with Crippen molar-refractivity contribution in [3.05, 3.63) is 41.6 Å². The second-order valence-electron chi connectivity index (χ2n) is 3.54. The van der Waals surface area contributed by atoms with Crippen LogP contribution in [0, 0.1) is 0 Å². The number of aryl methyl sites for hydroxylation is 1. The summed E-state index contributed by atoms with van der Waals surface area (Å²) in [5.74, 6) is 0. The van der Waals surface area contributed by atoms with Gasteiger partial charge in [-0.15, -0.1) is 0 Å². The van der Waals surface area contributed by atoms with Crippen LogP contribution in [0.1, 0.15) is 18.2 Å². The van der Waals surface area contributed by atoms with Gasteiger partial charge in [0.05, 0.1) is 5.52 Å². The number of benzene rings is 1. The minimum absolute atomic E-state index is 0.397. The zero-order valence-electron chi connectivity index (χ0n) is 8.67. The van der Waals surface area contributed by atoms with E-state index in [9.17, 15) is 13.2 Å². The molecule has 0 saturated carbocycles. The number of hydrogen-bond acceptors (Lipinski definition) is 1. The Labute approximate surface area is 90.9 Å². The first kappa shape index (κ1) is 10.9. The van der Waals surface area contributed by atoms with E-state index in [1.165, 1.54) is 0 Å². The van der Waals surface area contributed by atoms with E-state index in [-0.39, 0.29) is 0 Å². The van der Waals surface area contributed by atoms with Crippen molar-refractivity contribution in [3.63, 3.8) is 0 Å². The molecule has 0 saturated heterocycles. The van der Waals surface area contributed by atoms with Crippen molar-refractivity contribution in [1.82, 2.24) is 4.98 Å². The lowest BCUT2D eigenvalue weighted by Gasteiger charge is -2.10. The molecule has 84 valence electrons. The van der Waals surface area contributed by atoms with E-state index in [0.29, 0.717) is 17.5 Å². The van der Waals surface area contributed by atoms with E-state index in [4.69, 9.17) is 0 Å². The molecule has 0 N–H and O–H groups in total. The zero-order valence-corrected chi connectivity index (χ0v) is 8.67. The molecule has 0 fully saturated rings. The van der Waals surface area contributed by atoms with Crippen LogP contribution in [-0.2, 0) is 12.6 Å². The second-order valence-corrected chi connectivity index (χ2v) is 3.54. The van der Waals surface area contributed by atoms with E-state index in [1.807, 2.05) is 6.92 Å². The summed E-state index contributed by atoms with van der Waals surface area (Å²) in [7, 11) is 0. The summed E-state index contributed by atoms with van der Waals surface area (Å²) in [4.78, 5) is 3.63. The van der Waals surface area contributed by atoms with Gasteiger partial charge in [-0.2, -0.15) is 13.2 Å². The molecule has 0 spiro atoms. The molecule has 4 heteroatoms. The van der Waals surface area contributed by atoms with Gasteiger partial charge in [0.25, 0.3) is 0 Å². The molecule has 0 atom stereocenters. The molecule has 1 aromatic heterocycles. The van der Waals surface area contributed by atoms with Crippen molar-refractivity contribution >= 4 is 10.9 Å². The highest BCUT2D eigenvalue weighted by Gasteiger charge is 2.33. The van der Waals surface area contributed by atoms with Crippen molar-refractivity contribution < 1.29 is 13.2 Å². The van der Waals surface area contributed by atoms with Crippen LogP contribution < -0.4 is 0 Å². The van der Waals surface area contributed by atoms with Gasteiger partial charge in [0.15, 0.2) is 0 Å². The number of hydrogen-bond donors (Lipinski definition) is 0. The lowest BCUT2D eigenvalue weighted by atomic mass is 10.1. The fourth-order valence-electron chi connectivity index (χ4n) is 1.69. The third-order valence-corrected chi connectivity index (χ3v) is 2.47. The summed E-state index contributed by atoms with van der Waals surface area (Å²) in [6, 6.07) is 8.01.